The predicted octanol–water partition coefficient (Wildman–Crippen LogP) is 1.70. The van der Waals surface area contributed by atoms with Crippen LogP contribution in [0.4, 0.5) is 0 Å². The summed E-state index contributed by atoms with van der Waals surface area (Å²) in [6, 6.07) is 0. The second-order valence-corrected chi connectivity index (χ2v) is 5.39. The molecule has 1 fully saturated rings. The average molecular weight is 222 g/mol. The first kappa shape index (κ1) is 11.6. The van der Waals surface area contributed by atoms with E-state index in [4.69, 9.17) is 5.73 Å². The lowest BCUT2D eigenvalue weighted by atomic mass is 9.85. The molecule has 0 amide bonds. The van der Waals surface area contributed by atoms with Crippen molar-refractivity contribution in [3.63, 3.8) is 0 Å². The van der Waals surface area contributed by atoms with Crippen molar-refractivity contribution in [1.29, 1.82) is 0 Å². The highest BCUT2D eigenvalue weighted by atomic mass is 15.3. The van der Waals surface area contributed by atoms with Crippen LogP contribution < -0.4 is 5.73 Å². The van der Waals surface area contributed by atoms with Gasteiger partial charge in [-0.1, -0.05) is 26.7 Å². The number of nitrogens with zero attached hydrogens (tertiary/aromatic N) is 3. The molecule has 16 heavy (non-hydrogen) atoms. The predicted molar refractivity (Wildman–Crippen MR) is 64.1 cm³/mol. The highest BCUT2D eigenvalue weighted by Crippen LogP contribution is 2.39. The summed E-state index contributed by atoms with van der Waals surface area (Å²) < 4.78 is 2.20. The molecule has 0 bridgehead atoms. The Morgan fingerprint density at radius 2 is 2.12 bits per heavy atom. The zero-order valence-electron chi connectivity index (χ0n) is 10.3. The van der Waals surface area contributed by atoms with Crippen LogP contribution in [0.5, 0.6) is 0 Å². The van der Waals surface area contributed by atoms with Crippen molar-refractivity contribution < 1.29 is 0 Å². The van der Waals surface area contributed by atoms with Crippen LogP contribution in [0.1, 0.15) is 45.4 Å². The van der Waals surface area contributed by atoms with Gasteiger partial charge in [-0.15, -0.1) is 10.2 Å². The average Bonchev–Trinajstić information content (AvgIpc) is 2.85. The van der Waals surface area contributed by atoms with Gasteiger partial charge in [0.05, 0.1) is 0 Å². The Kier molecular flexibility index (Phi) is 3.28. The molecule has 0 atom stereocenters. The van der Waals surface area contributed by atoms with Crippen molar-refractivity contribution >= 4 is 0 Å². The number of hydrogen-bond donors (Lipinski definition) is 1. The molecular weight excluding hydrogens is 200 g/mol. The van der Waals surface area contributed by atoms with E-state index in [0.717, 1.165) is 12.4 Å². The van der Waals surface area contributed by atoms with E-state index in [1.165, 1.54) is 25.7 Å². The fourth-order valence-electron chi connectivity index (χ4n) is 2.76. The third-order valence-corrected chi connectivity index (χ3v) is 3.60. The SMILES string of the molecule is CC(C)Cn1cnnc1C1(CN)CCCC1. The maximum atomic E-state index is 5.98. The Morgan fingerprint density at radius 1 is 1.44 bits per heavy atom. The van der Waals surface area contributed by atoms with E-state index in [1.807, 2.05) is 6.33 Å². The molecule has 0 radical (unpaired) electrons. The van der Waals surface area contributed by atoms with Crippen LogP contribution >= 0.6 is 0 Å². The van der Waals surface area contributed by atoms with Crippen LogP contribution in [-0.4, -0.2) is 21.3 Å². The molecule has 1 aliphatic rings. The van der Waals surface area contributed by atoms with Gasteiger partial charge in [0.2, 0.25) is 0 Å². The van der Waals surface area contributed by atoms with Crippen LogP contribution in [0.15, 0.2) is 6.33 Å². The number of rotatable bonds is 4. The second-order valence-electron chi connectivity index (χ2n) is 5.39. The lowest BCUT2D eigenvalue weighted by molar-refractivity contribution is 0.385. The maximum absolute atomic E-state index is 5.98. The van der Waals surface area contributed by atoms with Crippen molar-refractivity contribution in [3.05, 3.63) is 12.2 Å². The maximum Gasteiger partial charge on any atom is 0.140 e. The first-order chi connectivity index (χ1) is 7.68. The van der Waals surface area contributed by atoms with Crippen LogP contribution in [0.2, 0.25) is 0 Å². The van der Waals surface area contributed by atoms with Gasteiger partial charge in [-0.2, -0.15) is 0 Å². The zero-order chi connectivity index (χ0) is 11.6. The Labute approximate surface area is 97.2 Å². The molecular formula is C12H22N4. The van der Waals surface area contributed by atoms with Gasteiger partial charge in [0.15, 0.2) is 0 Å². The molecule has 0 aromatic carbocycles. The van der Waals surface area contributed by atoms with E-state index in [0.29, 0.717) is 12.5 Å². The molecule has 1 saturated carbocycles. The molecule has 1 aromatic heterocycles. The third-order valence-electron chi connectivity index (χ3n) is 3.60. The number of hydrogen-bond acceptors (Lipinski definition) is 3. The first-order valence-electron chi connectivity index (χ1n) is 6.26. The van der Waals surface area contributed by atoms with Gasteiger partial charge in [0, 0.05) is 18.5 Å². The van der Waals surface area contributed by atoms with Gasteiger partial charge < -0.3 is 10.3 Å². The third kappa shape index (κ3) is 1.98. The smallest absolute Gasteiger partial charge is 0.140 e. The highest BCUT2D eigenvalue weighted by molar-refractivity contribution is 5.11. The summed E-state index contributed by atoms with van der Waals surface area (Å²) in [5.41, 5.74) is 6.08. The van der Waals surface area contributed by atoms with Gasteiger partial charge in [-0.05, 0) is 18.8 Å². The van der Waals surface area contributed by atoms with Crippen molar-refractivity contribution in [2.45, 2.75) is 51.5 Å². The highest BCUT2D eigenvalue weighted by Gasteiger charge is 2.38. The van der Waals surface area contributed by atoms with Crippen molar-refractivity contribution in [2.75, 3.05) is 6.54 Å². The lowest BCUT2D eigenvalue weighted by Gasteiger charge is -2.27. The van der Waals surface area contributed by atoms with Crippen molar-refractivity contribution in [3.8, 4) is 0 Å². The summed E-state index contributed by atoms with van der Waals surface area (Å²) in [4.78, 5) is 0. The summed E-state index contributed by atoms with van der Waals surface area (Å²) in [5.74, 6) is 1.73. The van der Waals surface area contributed by atoms with Crippen LogP contribution in [-0.2, 0) is 12.0 Å². The molecule has 1 aromatic rings. The van der Waals surface area contributed by atoms with E-state index in [1.54, 1.807) is 0 Å². The van der Waals surface area contributed by atoms with E-state index in [2.05, 4.69) is 28.6 Å². The fraction of sp³-hybridized carbons (Fsp3) is 0.833. The minimum atomic E-state index is 0.103. The first-order valence-corrected chi connectivity index (χ1v) is 6.26. The molecule has 1 heterocycles. The molecule has 0 unspecified atom stereocenters. The molecule has 1 aliphatic carbocycles. The Morgan fingerprint density at radius 3 is 2.69 bits per heavy atom. The van der Waals surface area contributed by atoms with E-state index < -0.39 is 0 Å². The molecule has 2 N–H and O–H groups in total. The fourth-order valence-corrected chi connectivity index (χ4v) is 2.76. The summed E-state index contributed by atoms with van der Waals surface area (Å²) in [6.07, 6.45) is 6.73. The topological polar surface area (TPSA) is 56.7 Å². The van der Waals surface area contributed by atoms with Crippen molar-refractivity contribution in [1.82, 2.24) is 14.8 Å². The quantitative estimate of drug-likeness (QED) is 0.843. The molecule has 90 valence electrons. The second kappa shape index (κ2) is 4.53. The molecule has 4 nitrogen and oxygen atoms in total. The Hall–Kier alpha value is -0.900. The van der Waals surface area contributed by atoms with Crippen LogP contribution in [0.3, 0.4) is 0 Å². The monoisotopic (exact) mass is 222 g/mol. The van der Waals surface area contributed by atoms with Crippen LogP contribution in [0.25, 0.3) is 0 Å². The minimum Gasteiger partial charge on any atom is -0.329 e. The largest absolute Gasteiger partial charge is 0.329 e. The summed E-state index contributed by atoms with van der Waals surface area (Å²) in [5, 5.41) is 8.40. The molecule has 4 heteroatoms. The summed E-state index contributed by atoms with van der Waals surface area (Å²) >= 11 is 0. The minimum absolute atomic E-state index is 0.103. The van der Waals surface area contributed by atoms with Gasteiger partial charge in [0.1, 0.15) is 12.2 Å². The summed E-state index contributed by atoms with van der Waals surface area (Å²) in [6.45, 7) is 6.12. The number of nitrogens with two attached hydrogens (primary N) is 1. The van der Waals surface area contributed by atoms with E-state index in [9.17, 15) is 0 Å². The zero-order valence-corrected chi connectivity index (χ0v) is 10.3. The molecule has 0 spiro atoms. The molecule has 0 saturated heterocycles. The van der Waals surface area contributed by atoms with Gasteiger partial charge in [0.25, 0.3) is 0 Å². The normalized spacial score (nSPS) is 19.5. The van der Waals surface area contributed by atoms with E-state index in [-0.39, 0.29) is 5.41 Å². The number of aromatic nitrogens is 3. The van der Waals surface area contributed by atoms with Crippen molar-refractivity contribution in [2.24, 2.45) is 11.7 Å². The van der Waals surface area contributed by atoms with Gasteiger partial charge >= 0.3 is 0 Å². The Bertz CT molecular complexity index is 337. The Balaban J connectivity index is 2.27. The van der Waals surface area contributed by atoms with E-state index >= 15 is 0 Å². The van der Waals surface area contributed by atoms with Gasteiger partial charge in [-0.25, -0.2) is 0 Å². The standard InChI is InChI=1S/C12H22N4/c1-10(2)7-16-9-14-15-11(16)12(8-13)5-3-4-6-12/h9-10H,3-8,13H2,1-2H3. The van der Waals surface area contributed by atoms with Crippen LogP contribution in [0, 0.1) is 5.92 Å². The lowest BCUT2D eigenvalue weighted by Crippen LogP contribution is -2.35. The molecule has 2 rings (SSSR count). The van der Waals surface area contributed by atoms with Gasteiger partial charge in [-0.3, -0.25) is 0 Å². The molecule has 0 aliphatic heterocycles. The summed E-state index contributed by atoms with van der Waals surface area (Å²) in [7, 11) is 0.